The molecule has 0 radical (unpaired) electrons. The average Bonchev–Trinajstić information content (AvgIpc) is 2.75. The predicted octanol–water partition coefficient (Wildman–Crippen LogP) is 2.37. The van der Waals surface area contributed by atoms with Crippen LogP contribution in [0.3, 0.4) is 0 Å². The zero-order chi connectivity index (χ0) is 14.0. The summed E-state index contributed by atoms with van der Waals surface area (Å²) in [6.45, 7) is 1.78. The van der Waals surface area contributed by atoms with Crippen molar-refractivity contribution in [1.29, 1.82) is 0 Å². The molecule has 0 aliphatic heterocycles. The van der Waals surface area contributed by atoms with Crippen LogP contribution in [0.1, 0.15) is 21.6 Å². The van der Waals surface area contributed by atoms with E-state index in [1.54, 1.807) is 19.1 Å². The molecule has 0 aliphatic rings. The molecule has 1 aromatic heterocycles. The van der Waals surface area contributed by atoms with Crippen LogP contribution in [-0.4, -0.2) is 21.1 Å². The number of nitrogens with one attached hydrogen (secondary N) is 2. The first-order valence-corrected chi connectivity index (χ1v) is 6.60. The Hall–Kier alpha value is -1.73. The lowest BCUT2D eigenvalue weighted by Crippen LogP contribution is -2.17. The van der Waals surface area contributed by atoms with Crippen molar-refractivity contribution in [3.63, 3.8) is 0 Å². The van der Waals surface area contributed by atoms with Crippen molar-refractivity contribution >= 4 is 44.7 Å². The van der Waals surface area contributed by atoms with Gasteiger partial charge in [0.25, 0.3) is 5.91 Å². The van der Waals surface area contributed by atoms with Gasteiger partial charge >= 0.3 is 0 Å². The lowest BCUT2D eigenvalue weighted by atomic mass is 10.1. The van der Waals surface area contributed by atoms with E-state index in [-0.39, 0.29) is 10.9 Å². The smallest absolute Gasteiger partial charge is 0.259 e. The second kappa shape index (κ2) is 5.50. The molecule has 0 bridgehead atoms. The van der Waals surface area contributed by atoms with E-state index in [1.165, 1.54) is 6.20 Å². The lowest BCUT2D eigenvalue weighted by molar-refractivity contribution is 0.102. The van der Waals surface area contributed by atoms with Gasteiger partial charge in [0, 0.05) is 15.7 Å². The molecular weight excluding hydrogens is 328 g/mol. The Labute approximate surface area is 123 Å². The van der Waals surface area contributed by atoms with E-state index in [9.17, 15) is 4.79 Å². The van der Waals surface area contributed by atoms with E-state index >= 15 is 0 Å². The summed E-state index contributed by atoms with van der Waals surface area (Å²) in [5, 5.41) is 9.31. The molecule has 0 saturated carbocycles. The molecule has 5 nitrogen and oxygen atoms in total. The maximum Gasteiger partial charge on any atom is 0.259 e. The summed E-state index contributed by atoms with van der Waals surface area (Å²) in [6.07, 6.45) is 1.48. The number of carbonyl (C=O) groups is 1. The highest BCUT2D eigenvalue weighted by atomic mass is 79.9. The summed E-state index contributed by atoms with van der Waals surface area (Å²) in [7, 11) is 0. The topological polar surface area (TPSA) is 83.8 Å². The van der Waals surface area contributed by atoms with Gasteiger partial charge in [-0.15, -0.1) is 0 Å². The van der Waals surface area contributed by atoms with Gasteiger partial charge in [0.1, 0.15) is 4.99 Å². The van der Waals surface area contributed by atoms with Crippen molar-refractivity contribution in [2.75, 3.05) is 5.32 Å². The number of aryl methyl sites for hydroxylation is 1. The van der Waals surface area contributed by atoms with Gasteiger partial charge in [-0.3, -0.25) is 9.89 Å². The maximum absolute atomic E-state index is 12.1. The number of halogens is 1. The summed E-state index contributed by atoms with van der Waals surface area (Å²) < 4.78 is 0.826. The minimum atomic E-state index is -0.262. The number of thiocarbonyl (C=S) groups is 1. The number of carbonyl (C=O) groups excluding carboxylic acids is 1. The molecule has 0 atom stereocenters. The number of aromatic amines is 1. The standard InChI is InChI=1S/C12H11BrN4OS/c1-6-9(5-15-17-6)12(18)16-10-4-7(13)2-3-8(10)11(14)19/h2-5H,1H3,(H2,14,19)(H,15,17)(H,16,18). The van der Waals surface area contributed by atoms with Gasteiger partial charge in [0.2, 0.25) is 0 Å². The Morgan fingerprint density at radius 2 is 2.21 bits per heavy atom. The molecule has 19 heavy (non-hydrogen) atoms. The van der Waals surface area contributed by atoms with Gasteiger partial charge in [-0.1, -0.05) is 28.1 Å². The average molecular weight is 339 g/mol. The normalized spacial score (nSPS) is 10.2. The summed E-state index contributed by atoms with van der Waals surface area (Å²) in [5.74, 6) is -0.262. The Morgan fingerprint density at radius 1 is 1.47 bits per heavy atom. The third-order valence-electron chi connectivity index (χ3n) is 2.57. The van der Waals surface area contributed by atoms with E-state index in [2.05, 4.69) is 31.4 Å². The minimum Gasteiger partial charge on any atom is -0.389 e. The summed E-state index contributed by atoms with van der Waals surface area (Å²) in [6, 6.07) is 5.32. The van der Waals surface area contributed by atoms with Crippen LogP contribution >= 0.6 is 28.1 Å². The largest absolute Gasteiger partial charge is 0.389 e. The Morgan fingerprint density at radius 3 is 2.79 bits per heavy atom. The van der Waals surface area contributed by atoms with Crippen LogP contribution in [0.2, 0.25) is 0 Å². The van der Waals surface area contributed by atoms with E-state index in [0.29, 0.717) is 22.5 Å². The fourth-order valence-corrected chi connectivity index (χ4v) is 2.14. The Bertz CT molecular complexity index is 653. The zero-order valence-corrected chi connectivity index (χ0v) is 12.4. The van der Waals surface area contributed by atoms with Crippen molar-refractivity contribution in [3.8, 4) is 0 Å². The monoisotopic (exact) mass is 338 g/mol. The van der Waals surface area contributed by atoms with Crippen LogP contribution in [0.15, 0.2) is 28.9 Å². The fraction of sp³-hybridized carbons (Fsp3) is 0.0833. The molecule has 98 valence electrons. The first-order chi connectivity index (χ1) is 8.99. The van der Waals surface area contributed by atoms with Crippen molar-refractivity contribution in [1.82, 2.24) is 10.2 Å². The molecule has 4 N–H and O–H groups in total. The zero-order valence-electron chi connectivity index (χ0n) is 10.0. The van der Waals surface area contributed by atoms with Crippen molar-refractivity contribution < 1.29 is 4.79 Å². The van der Waals surface area contributed by atoms with E-state index in [1.807, 2.05) is 6.07 Å². The van der Waals surface area contributed by atoms with Gasteiger partial charge in [-0.25, -0.2) is 0 Å². The lowest BCUT2D eigenvalue weighted by Gasteiger charge is -2.10. The third-order valence-corrected chi connectivity index (χ3v) is 3.28. The number of rotatable bonds is 3. The molecule has 0 spiro atoms. The summed E-state index contributed by atoms with van der Waals surface area (Å²) in [5.41, 5.74) is 7.99. The van der Waals surface area contributed by atoms with Crippen LogP contribution < -0.4 is 11.1 Å². The molecule has 0 saturated heterocycles. The third kappa shape index (κ3) is 2.99. The van der Waals surface area contributed by atoms with Crippen LogP contribution in [0, 0.1) is 6.92 Å². The van der Waals surface area contributed by atoms with E-state index in [4.69, 9.17) is 18.0 Å². The number of nitrogens with zero attached hydrogens (tertiary/aromatic N) is 1. The van der Waals surface area contributed by atoms with Gasteiger partial charge in [-0.2, -0.15) is 5.10 Å². The number of anilines is 1. The minimum absolute atomic E-state index is 0.228. The van der Waals surface area contributed by atoms with Crippen LogP contribution in [0.4, 0.5) is 5.69 Å². The highest BCUT2D eigenvalue weighted by molar-refractivity contribution is 9.10. The van der Waals surface area contributed by atoms with Crippen LogP contribution in [-0.2, 0) is 0 Å². The van der Waals surface area contributed by atoms with Crippen molar-refractivity contribution in [2.45, 2.75) is 6.92 Å². The molecule has 1 heterocycles. The fourth-order valence-electron chi connectivity index (χ4n) is 1.60. The second-order valence-corrected chi connectivity index (χ2v) is 5.27. The Kier molecular flexibility index (Phi) is 3.96. The first kappa shape index (κ1) is 13.7. The van der Waals surface area contributed by atoms with E-state index in [0.717, 1.165) is 4.47 Å². The van der Waals surface area contributed by atoms with Crippen LogP contribution in [0.5, 0.6) is 0 Å². The van der Waals surface area contributed by atoms with Gasteiger partial charge in [-0.05, 0) is 25.1 Å². The highest BCUT2D eigenvalue weighted by Crippen LogP contribution is 2.22. The molecule has 1 amide bonds. The number of nitrogens with two attached hydrogens (primary N) is 1. The van der Waals surface area contributed by atoms with Crippen molar-refractivity contribution in [2.24, 2.45) is 5.73 Å². The number of hydrogen-bond acceptors (Lipinski definition) is 3. The predicted molar refractivity (Wildman–Crippen MR) is 81.3 cm³/mol. The Balaban J connectivity index is 2.33. The van der Waals surface area contributed by atoms with E-state index < -0.39 is 0 Å². The molecule has 0 aliphatic carbocycles. The van der Waals surface area contributed by atoms with Crippen molar-refractivity contribution in [3.05, 3.63) is 45.7 Å². The second-order valence-electron chi connectivity index (χ2n) is 3.92. The van der Waals surface area contributed by atoms with Gasteiger partial charge < -0.3 is 11.1 Å². The molecular formula is C12H11BrN4OS. The number of benzene rings is 1. The molecule has 0 unspecified atom stereocenters. The molecule has 2 rings (SSSR count). The summed E-state index contributed by atoms with van der Waals surface area (Å²) >= 11 is 8.31. The SMILES string of the molecule is Cc1[nH]ncc1C(=O)Nc1cc(Br)ccc1C(N)=S. The number of hydrogen-bond donors (Lipinski definition) is 3. The molecule has 0 fully saturated rings. The number of aromatic nitrogens is 2. The molecule has 1 aromatic carbocycles. The van der Waals surface area contributed by atoms with Gasteiger partial charge in [0.05, 0.1) is 17.4 Å². The molecule has 2 aromatic rings. The molecule has 7 heteroatoms. The first-order valence-electron chi connectivity index (χ1n) is 5.39. The number of amides is 1. The maximum atomic E-state index is 12.1. The van der Waals surface area contributed by atoms with Crippen LogP contribution in [0.25, 0.3) is 0 Å². The highest BCUT2D eigenvalue weighted by Gasteiger charge is 2.14. The summed E-state index contributed by atoms with van der Waals surface area (Å²) in [4.78, 5) is 12.3. The van der Waals surface area contributed by atoms with Gasteiger partial charge in [0.15, 0.2) is 0 Å². The number of H-pyrrole nitrogens is 1. The quantitative estimate of drug-likeness (QED) is 0.750.